The van der Waals surface area contributed by atoms with Gasteiger partial charge in [-0.05, 0) is 42.5 Å². The number of para-hydroxylation sites is 1. The molecule has 1 aromatic heterocycles. The van der Waals surface area contributed by atoms with Crippen molar-refractivity contribution in [1.29, 1.82) is 0 Å². The van der Waals surface area contributed by atoms with Crippen molar-refractivity contribution in [3.8, 4) is 5.75 Å². The Bertz CT molecular complexity index is 638. The third-order valence-corrected chi connectivity index (χ3v) is 3.76. The Morgan fingerprint density at radius 2 is 2.04 bits per heavy atom. The first kappa shape index (κ1) is 17.0. The average molecular weight is 312 g/mol. The lowest BCUT2D eigenvalue weighted by Crippen LogP contribution is -2.25. The zero-order chi connectivity index (χ0) is 16.7. The molecule has 2 rings (SSSR count). The van der Waals surface area contributed by atoms with Crippen LogP contribution in [0.15, 0.2) is 42.6 Å². The van der Waals surface area contributed by atoms with Gasteiger partial charge in [0.25, 0.3) is 0 Å². The first-order valence-electron chi connectivity index (χ1n) is 7.88. The van der Waals surface area contributed by atoms with Crippen molar-refractivity contribution in [1.82, 2.24) is 10.3 Å². The summed E-state index contributed by atoms with van der Waals surface area (Å²) < 4.78 is 5.36. The van der Waals surface area contributed by atoms with E-state index in [0.29, 0.717) is 13.0 Å². The maximum absolute atomic E-state index is 12.1. The van der Waals surface area contributed by atoms with Gasteiger partial charge in [-0.2, -0.15) is 0 Å². The highest BCUT2D eigenvalue weighted by atomic mass is 16.5. The normalized spacial score (nSPS) is 11.8. The number of ether oxygens (including phenoxy) is 1. The van der Waals surface area contributed by atoms with Crippen LogP contribution < -0.4 is 10.1 Å². The summed E-state index contributed by atoms with van der Waals surface area (Å²) in [5, 5.41) is 2.95. The van der Waals surface area contributed by atoms with Crippen LogP contribution in [0.3, 0.4) is 0 Å². The smallest absolute Gasteiger partial charge is 0.220 e. The van der Waals surface area contributed by atoms with Gasteiger partial charge in [0, 0.05) is 24.9 Å². The number of carbonyl (C=O) groups is 1. The first-order chi connectivity index (χ1) is 11.1. The quantitative estimate of drug-likeness (QED) is 0.853. The maximum atomic E-state index is 12.1. The Hall–Kier alpha value is -2.36. The van der Waals surface area contributed by atoms with Crippen LogP contribution in [0.4, 0.5) is 0 Å². The highest BCUT2D eigenvalue weighted by molar-refractivity contribution is 5.76. The molecular weight excluding hydrogens is 288 g/mol. The predicted molar refractivity (Wildman–Crippen MR) is 91.3 cm³/mol. The zero-order valence-electron chi connectivity index (χ0n) is 14.0. The van der Waals surface area contributed by atoms with Gasteiger partial charge in [0.05, 0.1) is 7.11 Å². The van der Waals surface area contributed by atoms with E-state index in [1.165, 1.54) is 0 Å². The molecule has 0 saturated carbocycles. The van der Waals surface area contributed by atoms with Crippen molar-refractivity contribution in [2.45, 2.75) is 33.2 Å². The summed E-state index contributed by atoms with van der Waals surface area (Å²) in [6.07, 6.45) is 3.12. The number of carbonyl (C=O) groups excluding carboxylic acids is 1. The number of benzene rings is 1. The van der Waals surface area contributed by atoms with Crippen LogP contribution in [-0.2, 0) is 17.8 Å². The lowest BCUT2D eigenvalue weighted by atomic mass is 9.97. The molecule has 0 radical (unpaired) electrons. The number of hydrogen-bond donors (Lipinski definition) is 1. The topological polar surface area (TPSA) is 51.2 Å². The number of aryl methyl sites for hydroxylation is 1. The van der Waals surface area contributed by atoms with E-state index in [1.54, 1.807) is 13.3 Å². The van der Waals surface area contributed by atoms with Crippen LogP contribution in [0.2, 0.25) is 0 Å². The fourth-order valence-corrected chi connectivity index (χ4v) is 2.51. The minimum absolute atomic E-state index is 0.0629. The van der Waals surface area contributed by atoms with E-state index in [1.807, 2.05) is 43.3 Å². The van der Waals surface area contributed by atoms with E-state index in [-0.39, 0.29) is 11.8 Å². The second-order valence-corrected chi connectivity index (χ2v) is 5.91. The SMILES string of the molecule is COc1ccccc1CC(C)CC(=O)NCc1ccc(C)nc1. The molecule has 23 heavy (non-hydrogen) atoms. The maximum Gasteiger partial charge on any atom is 0.220 e. The summed E-state index contributed by atoms with van der Waals surface area (Å²) in [5.41, 5.74) is 3.13. The van der Waals surface area contributed by atoms with E-state index in [2.05, 4.69) is 17.2 Å². The summed E-state index contributed by atoms with van der Waals surface area (Å²) in [6, 6.07) is 11.9. The fourth-order valence-electron chi connectivity index (χ4n) is 2.51. The van der Waals surface area contributed by atoms with Crippen molar-refractivity contribution in [2.75, 3.05) is 7.11 Å². The minimum atomic E-state index is 0.0629. The van der Waals surface area contributed by atoms with Gasteiger partial charge in [-0.1, -0.05) is 31.2 Å². The molecule has 1 unspecified atom stereocenters. The van der Waals surface area contributed by atoms with Crippen molar-refractivity contribution in [3.05, 3.63) is 59.4 Å². The molecule has 0 spiro atoms. The predicted octanol–water partition coefficient (Wildman–Crippen LogP) is 3.28. The Kier molecular flexibility index (Phi) is 6.15. The van der Waals surface area contributed by atoms with Crippen LogP contribution in [0.5, 0.6) is 5.75 Å². The molecule has 2 aromatic rings. The molecule has 1 amide bonds. The zero-order valence-corrected chi connectivity index (χ0v) is 14.0. The van der Waals surface area contributed by atoms with Crippen molar-refractivity contribution < 1.29 is 9.53 Å². The third-order valence-electron chi connectivity index (χ3n) is 3.76. The highest BCUT2D eigenvalue weighted by Crippen LogP contribution is 2.22. The molecule has 4 nitrogen and oxygen atoms in total. The number of nitrogens with one attached hydrogen (secondary N) is 1. The molecule has 4 heteroatoms. The van der Waals surface area contributed by atoms with Gasteiger partial charge >= 0.3 is 0 Å². The van der Waals surface area contributed by atoms with Gasteiger partial charge in [-0.3, -0.25) is 9.78 Å². The van der Waals surface area contributed by atoms with E-state index < -0.39 is 0 Å². The number of aromatic nitrogens is 1. The molecule has 0 bridgehead atoms. The summed E-state index contributed by atoms with van der Waals surface area (Å²) in [4.78, 5) is 16.3. The summed E-state index contributed by atoms with van der Waals surface area (Å²) in [6.45, 7) is 4.55. The van der Waals surface area contributed by atoms with Gasteiger partial charge < -0.3 is 10.1 Å². The number of pyridine rings is 1. The van der Waals surface area contributed by atoms with Crippen LogP contribution in [0.1, 0.15) is 30.2 Å². The van der Waals surface area contributed by atoms with Gasteiger partial charge in [0.2, 0.25) is 5.91 Å². The van der Waals surface area contributed by atoms with Gasteiger partial charge in [0.1, 0.15) is 5.75 Å². The molecule has 0 fully saturated rings. The molecule has 0 aliphatic carbocycles. The first-order valence-corrected chi connectivity index (χ1v) is 7.88. The van der Waals surface area contributed by atoms with Crippen LogP contribution >= 0.6 is 0 Å². The molecule has 1 aromatic carbocycles. The molecular formula is C19H24N2O2. The van der Waals surface area contributed by atoms with E-state index in [0.717, 1.165) is 29.0 Å². The number of amides is 1. The Balaban J connectivity index is 1.81. The third kappa shape index (κ3) is 5.40. The van der Waals surface area contributed by atoms with Crippen molar-refractivity contribution in [3.63, 3.8) is 0 Å². The monoisotopic (exact) mass is 312 g/mol. The van der Waals surface area contributed by atoms with Crippen LogP contribution in [0.25, 0.3) is 0 Å². The molecule has 122 valence electrons. The second-order valence-electron chi connectivity index (χ2n) is 5.91. The molecule has 0 aliphatic heterocycles. The summed E-state index contributed by atoms with van der Waals surface area (Å²) in [5.74, 6) is 1.20. The average Bonchev–Trinajstić information content (AvgIpc) is 2.54. The standard InChI is InChI=1S/C19H24N2O2/c1-14(10-17-6-4-5-7-18(17)23-3)11-19(22)21-13-16-9-8-15(2)20-12-16/h4-9,12,14H,10-11,13H2,1-3H3,(H,21,22). The summed E-state index contributed by atoms with van der Waals surface area (Å²) >= 11 is 0. The molecule has 0 aliphatic rings. The van der Waals surface area contributed by atoms with Gasteiger partial charge in [0.15, 0.2) is 0 Å². The number of methoxy groups -OCH3 is 1. The largest absolute Gasteiger partial charge is 0.496 e. The minimum Gasteiger partial charge on any atom is -0.496 e. The molecule has 1 N–H and O–H groups in total. The number of rotatable bonds is 7. The fraction of sp³-hybridized carbons (Fsp3) is 0.368. The molecule has 1 heterocycles. The Morgan fingerprint density at radius 1 is 1.26 bits per heavy atom. The van der Waals surface area contributed by atoms with E-state index in [4.69, 9.17) is 4.74 Å². The lowest BCUT2D eigenvalue weighted by molar-refractivity contribution is -0.122. The van der Waals surface area contributed by atoms with Crippen molar-refractivity contribution >= 4 is 5.91 Å². The Morgan fingerprint density at radius 3 is 2.74 bits per heavy atom. The second kappa shape index (κ2) is 8.32. The van der Waals surface area contributed by atoms with Crippen molar-refractivity contribution in [2.24, 2.45) is 5.92 Å². The highest BCUT2D eigenvalue weighted by Gasteiger charge is 2.12. The lowest BCUT2D eigenvalue weighted by Gasteiger charge is -2.14. The number of nitrogens with zero attached hydrogens (tertiary/aromatic N) is 1. The van der Waals surface area contributed by atoms with E-state index >= 15 is 0 Å². The van der Waals surface area contributed by atoms with Gasteiger partial charge in [-0.25, -0.2) is 0 Å². The van der Waals surface area contributed by atoms with Crippen LogP contribution in [-0.4, -0.2) is 18.0 Å². The van der Waals surface area contributed by atoms with E-state index in [9.17, 15) is 4.79 Å². The Labute approximate surface area is 137 Å². The van der Waals surface area contributed by atoms with Gasteiger partial charge in [-0.15, -0.1) is 0 Å². The summed E-state index contributed by atoms with van der Waals surface area (Å²) in [7, 11) is 1.67. The van der Waals surface area contributed by atoms with Crippen LogP contribution in [0, 0.1) is 12.8 Å². The molecule has 0 saturated heterocycles. The number of hydrogen-bond acceptors (Lipinski definition) is 3. The molecule has 1 atom stereocenters.